The summed E-state index contributed by atoms with van der Waals surface area (Å²) in [6, 6.07) is 13.0. The first-order chi connectivity index (χ1) is 9.98. The zero-order chi connectivity index (χ0) is 15.5. The van der Waals surface area contributed by atoms with Crippen molar-refractivity contribution >= 4 is 5.91 Å². The topological polar surface area (TPSA) is 89.8 Å². The second-order valence-corrected chi connectivity index (χ2v) is 4.98. The van der Waals surface area contributed by atoms with E-state index in [0.29, 0.717) is 0 Å². The van der Waals surface area contributed by atoms with Gasteiger partial charge in [0.25, 0.3) is 5.91 Å². The number of aromatic hydroxyl groups is 2. The third-order valence-electron chi connectivity index (χ3n) is 3.36. The zero-order valence-electron chi connectivity index (χ0n) is 11.6. The van der Waals surface area contributed by atoms with Crippen molar-refractivity contribution in [2.45, 2.75) is 12.5 Å². The van der Waals surface area contributed by atoms with Crippen molar-refractivity contribution in [1.82, 2.24) is 5.32 Å². The number of nitrogens with one attached hydrogen (secondary N) is 1. The third-order valence-corrected chi connectivity index (χ3v) is 3.36. The van der Waals surface area contributed by atoms with Crippen LogP contribution in [0.1, 0.15) is 22.8 Å². The van der Waals surface area contributed by atoms with Gasteiger partial charge < -0.3 is 20.6 Å². The molecule has 5 nitrogen and oxygen atoms in total. The Morgan fingerprint density at radius 2 is 1.62 bits per heavy atom. The van der Waals surface area contributed by atoms with E-state index in [1.807, 2.05) is 6.07 Å². The maximum atomic E-state index is 12.3. The number of amides is 1. The monoisotopic (exact) mass is 287 g/mol. The molecule has 2 aromatic rings. The van der Waals surface area contributed by atoms with Gasteiger partial charge in [0.1, 0.15) is 17.1 Å². The largest absolute Gasteiger partial charge is 0.507 e. The van der Waals surface area contributed by atoms with Crippen LogP contribution in [0.25, 0.3) is 0 Å². The second-order valence-electron chi connectivity index (χ2n) is 4.98. The molecule has 0 radical (unpaired) electrons. The summed E-state index contributed by atoms with van der Waals surface area (Å²) in [4.78, 5) is 12.3. The zero-order valence-corrected chi connectivity index (χ0v) is 11.6. The van der Waals surface area contributed by atoms with E-state index in [4.69, 9.17) is 0 Å². The molecule has 0 spiro atoms. The van der Waals surface area contributed by atoms with Gasteiger partial charge in [-0.05, 0) is 24.6 Å². The molecular weight excluding hydrogens is 270 g/mol. The highest BCUT2D eigenvalue weighted by atomic mass is 16.3. The number of phenolic OH excluding ortho intramolecular Hbond substituents is 2. The van der Waals surface area contributed by atoms with E-state index in [0.717, 1.165) is 5.56 Å². The van der Waals surface area contributed by atoms with Crippen molar-refractivity contribution in [3.05, 3.63) is 59.7 Å². The molecule has 0 saturated heterocycles. The van der Waals surface area contributed by atoms with Gasteiger partial charge >= 0.3 is 0 Å². The van der Waals surface area contributed by atoms with Gasteiger partial charge in [0, 0.05) is 0 Å². The summed E-state index contributed by atoms with van der Waals surface area (Å²) >= 11 is 0. The van der Waals surface area contributed by atoms with Gasteiger partial charge in [-0.15, -0.1) is 0 Å². The number of benzene rings is 2. The lowest BCUT2D eigenvalue weighted by molar-refractivity contribution is 0.0844. The Morgan fingerprint density at radius 1 is 1.05 bits per heavy atom. The van der Waals surface area contributed by atoms with Crippen molar-refractivity contribution in [1.29, 1.82) is 0 Å². The molecule has 21 heavy (non-hydrogen) atoms. The molecule has 0 aliphatic carbocycles. The molecule has 0 heterocycles. The second kappa shape index (κ2) is 5.85. The lowest BCUT2D eigenvalue weighted by Gasteiger charge is -2.29. The molecule has 2 rings (SSSR count). The maximum Gasteiger partial charge on any atom is 0.259 e. The van der Waals surface area contributed by atoms with Gasteiger partial charge in [-0.3, -0.25) is 4.79 Å². The van der Waals surface area contributed by atoms with E-state index in [9.17, 15) is 20.1 Å². The fraction of sp³-hybridized carbons (Fsp3) is 0.188. The molecule has 0 aliphatic heterocycles. The molecule has 0 fully saturated rings. The average molecular weight is 287 g/mol. The number of hydrogen-bond acceptors (Lipinski definition) is 4. The summed E-state index contributed by atoms with van der Waals surface area (Å²) in [5, 5.41) is 31.7. The molecule has 0 saturated carbocycles. The normalized spacial score (nSPS) is 13.4. The van der Waals surface area contributed by atoms with E-state index in [2.05, 4.69) is 5.32 Å². The smallest absolute Gasteiger partial charge is 0.259 e. The maximum absolute atomic E-state index is 12.3. The van der Waals surface area contributed by atoms with Crippen LogP contribution in [-0.4, -0.2) is 27.8 Å². The lowest BCUT2D eigenvalue weighted by Crippen LogP contribution is -2.46. The van der Waals surface area contributed by atoms with Crippen LogP contribution >= 0.6 is 0 Å². The van der Waals surface area contributed by atoms with E-state index in [-0.39, 0.29) is 23.7 Å². The van der Waals surface area contributed by atoms with Crippen LogP contribution < -0.4 is 5.32 Å². The molecule has 5 heteroatoms. The Labute approximate surface area is 122 Å². The minimum Gasteiger partial charge on any atom is -0.507 e. The Morgan fingerprint density at radius 3 is 2.14 bits per heavy atom. The van der Waals surface area contributed by atoms with Crippen molar-refractivity contribution in [2.75, 3.05) is 6.61 Å². The molecular formula is C16H17NO4. The molecule has 0 bridgehead atoms. The average Bonchev–Trinajstić information content (AvgIpc) is 2.48. The highest BCUT2D eigenvalue weighted by molar-refractivity contribution is 5.99. The van der Waals surface area contributed by atoms with Crippen molar-refractivity contribution in [3.63, 3.8) is 0 Å². The number of aliphatic hydroxyl groups excluding tert-OH is 1. The van der Waals surface area contributed by atoms with Crippen LogP contribution in [0.3, 0.4) is 0 Å². The van der Waals surface area contributed by atoms with Gasteiger partial charge in [0.15, 0.2) is 0 Å². The van der Waals surface area contributed by atoms with Crippen LogP contribution in [0, 0.1) is 0 Å². The van der Waals surface area contributed by atoms with Crippen molar-refractivity contribution in [3.8, 4) is 11.5 Å². The van der Waals surface area contributed by atoms with E-state index >= 15 is 0 Å². The Bertz CT molecular complexity index is 622. The minimum atomic E-state index is -1.02. The number of hydrogen-bond donors (Lipinski definition) is 4. The number of aliphatic hydroxyl groups is 1. The summed E-state index contributed by atoms with van der Waals surface area (Å²) < 4.78 is 0. The van der Waals surface area contributed by atoms with Crippen LogP contribution in [0.5, 0.6) is 11.5 Å². The summed E-state index contributed by atoms with van der Waals surface area (Å²) in [5.41, 5.74) is -0.517. The number of carbonyl (C=O) groups is 1. The predicted octanol–water partition coefficient (Wildman–Crippen LogP) is 1.74. The fourth-order valence-corrected chi connectivity index (χ4v) is 2.08. The number of phenols is 2. The Kier molecular flexibility index (Phi) is 4.14. The van der Waals surface area contributed by atoms with Crippen LogP contribution in [0.2, 0.25) is 0 Å². The highest BCUT2D eigenvalue weighted by Gasteiger charge is 2.30. The fourth-order valence-electron chi connectivity index (χ4n) is 2.08. The van der Waals surface area contributed by atoms with Crippen LogP contribution in [0.4, 0.5) is 0 Å². The molecule has 2 aromatic carbocycles. The Balaban J connectivity index is 2.33. The molecule has 1 atom stereocenters. The minimum absolute atomic E-state index is 0.215. The lowest BCUT2D eigenvalue weighted by atomic mass is 9.92. The molecule has 4 N–H and O–H groups in total. The number of carbonyl (C=O) groups excluding carboxylic acids is 1. The van der Waals surface area contributed by atoms with Crippen molar-refractivity contribution < 1.29 is 20.1 Å². The predicted molar refractivity (Wildman–Crippen MR) is 78.1 cm³/mol. The summed E-state index contributed by atoms with van der Waals surface area (Å²) in [5.74, 6) is -1.30. The third kappa shape index (κ3) is 2.98. The number of rotatable bonds is 4. The van der Waals surface area contributed by atoms with Gasteiger partial charge in [-0.1, -0.05) is 36.4 Å². The molecule has 1 unspecified atom stereocenters. The first kappa shape index (κ1) is 14.9. The van der Waals surface area contributed by atoms with Gasteiger partial charge in [-0.2, -0.15) is 0 Å². The van der Waals surface area contributed by atoms with Gasteiger partial charge in [0.05, 0.1) is 12.1 Å². The first-order valence-corrected chi connectivity index (χ1v) is 6.48. The quantitative estimate of drug-likeness (QED) is 0.689. The highest BCUT2D eigenvalue weighted by Crippen LogP contribution is 2.28. The van der Waals surface area contributed by atoms with E-state index in [1.165, 1.54) is 18.2 Å². The van der Waals surface area contributed by atoms with Crippen LogP contribution in [0.15, 0.2) is 48.5 Å². The molecule has 110 valence electrons. The summed E-state index contributed by atoms with van der Waals surface area (Å²) in [6.45, 7) is 1.34. The van der Waals surface area contributed by atoms with E-state index in [1.54, 1.807) is 31.2 Å². The molecule has 0 aromatic heterocycles. The summed E-state index contributed by atoms with van der Waals surface area (Å²) in [7, 11) is 0. The standard InChI is InChI=1S/C16H17NO4/c1-16(10-18,11-6-3-2-4-7-11)17-15(21)14-12(19)8-5-9-13(14)20/h2-9,18-20H,10H2,1H3,(H,17,21). The SMILES string of the molecule is CC(CO)(NC(=O)c1c(O)cccc1O)c1ccccc1. The van der Waals surface area contributed by atoms with Gasteiger partial charge in [0.2, 0.25) is 0 Å². The summed E-state index contributed by atoms with van der Waals surface area (Å²) in [6.07, 6.45) is 0. The van der Waals surface area contributed by atoms with Crippen molar-refractivity contribution in [2.24, 2.45) is 0 Å². The first-order valence-electron chi connectivity index (χ1n) is 6.48. The molecule has 0 aliphatic rings. The molecule has 1 amide bonds. The Hall–Kier alpha value is -2.53. The van der Waals surface area contributed by atoms with Gasteiger partial charge in [-0.25, -0.2) is 0 Å². The van der Waals surface area contributed by atoms with Crippen LogP contribution in [-0.2, 0) is 5.54 Å². The van der Waals surface area contributed by atoms with E-state index < -0.39 is 11.4 Å².